The fourth-order valence-electron chi connectivity index (χ4n) is 5.45. The average molecular weight is 888 g/mol. The van der Waals surface area contributed by atoms with Gasteiger partial charge in [0.1, 0.15) is 0 Å². The summed E-state index contributed by atoms with van der Waals surface area (Å²) in [5.74, 6) is 0. The minimum absolute atomic E-state index is 0. The third kappa shape index (κ3) is 12.7. The Morgan fingerprint density at radius 2 is 1.26 bits per heavy atom. The molecule has 0 spiro atoms. The molecule has 0 saturated carbocycles. The summed E-state index contributed by atoms with van der Waals surface area (Å²) in [5.41, 5.74) is 3.66. The quantitative estimate of drug-likeness (QED) is 0.149. The zero-order valence-corrected chi connectivity index (χ0v) is 34.5. The van der Waals surface area contributed by atoms with Gasteiger partial charge in [-0.1, -0.05) is 141 Å². The monoisotopic (exact) mass is 888 g/mol. The summed E-state index contributed by atoms with van der Waals surface area (Å²) in [7, 11) is 0. The fraction of sp³-hybridized carbons (Fsp3) is 0.320. The molecule has 2 nitrogen and oxygen atoms in total. The summed E-state index contributed by atoms with van der Waals surface area (Å²) in [6.45, 7) is 13.8. The van der Waals surface area contributed by atoms with Gasteiger partial charge >= 0.3 is 0 Å². The van der Waals surface area contributed by atoms with E-state index in [1.807, 2.05) is 81.4 Å². The molecule has 1 radical (unpaired) electrons. The van der Waals surface area contributed by atoms with Crippen molar-refractivity contribution in [3.05, 3.63) is 156 Å². The maximum atomic E-state index is 8.98. The SMILES string of the molecule is [2H]C([2H])([2H])c1c[c-]c(-c2cc(C([2H])([2H])C(C)(C)C)c(C([2H])([2H])C(C)(C)C)cn2)cc1-c1ccccc1.[2H]c1cc(C([2H])([2H])C(C)(C)C)cc([2H])c1-c1ccnc(-c2[c-]cccc2)c1.[Ir]. The van der Waals surface area contributed by atoms with Crippen LogP contribution in [0.2, 0.25) is 0 Å². The molecule has 4 aromatic carbocycles. The Hall–Kier alpha value is -4.17. The van der Waals surface area contributed by atoms with Crippen molar-refractivity contribution in [3.8, 4) is 44.8 Å². The van der Waals surface area contributed by atoms with Gasteiger partial charge < -0.3 is 9.97 Å². The van der Waals surface area contributed by atoms with Crippen LogP contribution in [-0.2, 0) is 39.2 Å². The molecule has 0 atom stereocenters. The van der Waals surface area contributed by atoms with Crippen LogP contribution in [0.15, 0.2) is 122 Å². The topological polar surface area (TPSA) is 25.8 Å². The van der Waals surface area contributed by atoms with Crippen molar-refractivity contribution in [2.75, 3.05) is 0 Å². The van der Waals surface area contributed by atoms with Crippen molar-refractivity contribution in [1.82, 2.24) is 9.97 Å². The summed E-state index contributed by atoms with van der Waals surface area (Å²) in [6, 6.07) is 34.6. The molecular formula is C50H56IrN2-2. The Bertz CT molecular complexity index is 2530. The first-order valence-electron chi connectivity index (χ1n) is 23.1. The second-order valence-electron chi connectivity index (χ2n) is 15.9. The average Bonchev–Trinajstić information content (AvgIpc) is 3.19. The van der Waals surface area contributed by atoms with E-state index in [0.717, 1.165) is 22.4 Å². The van der Waals surface area contributed by atoms with Gasteiger partial charge in [-0.2, -0.15) is 0 Å². The summed E-state index contributed by atoms with van der Waals surface area (Å²) >= 11 is 0. The van der Waals surface area contributed by atoms with Crippen LogP contribution in [0, 0.1) is 35.2 Å². The Kier molecular flexibility index (Phi) is 9.49. The molecule has 6 rings (SSSR count). The second kappa shape index (κ2) is 17.8. The number of nitrogens with zero attached hydrogens (tertiary/aromatic N) is 2. The van der Waals surface area contributed by atoms with E-state index < -0.39 is 42.2 Å². The standard InChI is InChI=1S/C28H34N.C22H22N.Ir/c1-20-13-14-22(15-25(20)21-11-9-8-10-12-21)26-16-23(17-27(2,3)4)24(19-29-26)18-28(5,6)7;1-22(2,3)16-17-9-11-18(12-10-17)20-13-14-23-21(15-20)19-7-5-4-6-8-19;/h8-13,15-16,19H,17-18H2,1-7H3;4-7,9-15H,16H2,1-3H3;/q2*-1;/i1D3,17D2,18D2;11D,12D,16D2;. The molecule has 277 valence electrons. The van der Waals surface area contributed by atoms with E-state index in [4.69, 9.17) is 15.1 Å². The van der Waals surface area contributed by atoms with Crippen molar-refractivity contribution in [1.29, 1.82) is 0 Å². The number of hydrogen-bond donors (Lipinski definition) is 0. The number of aryl methyl sites for hydroxylation is 1. The molecule has 2 aromatic heterocycles. The van der Waals surface area contributed by atoms with Crippen molar-refractivity contribution in [3.63, 3.8) is 0 Å². The van der Waals surface area contributed by atoms with Crippen LogP contribution >= 0.6 is 0 Å². The van der Waals surface area contributed by atoms with Crippen molar-refractivity contribution in [2.45, 2.75) is 88.3 Å². The molecule has 0 bridgehead atoms. The molecule has 0 amide bonds. The molecule has 53 heavy (non-hydrogen) atoms. The van der Waals surface area contributed by atoms with Gasteiger partial charge in [-0.3, -0.25) is 0 Å². The third-order valence-corrected chi connectivity index (χ3v) is 7.53. The smallest absolute Gasteiger partial charge is 0.0629 e. The molecule has 0 saturated heterocycles. The molecule has 0 N–H and O–H groups in total. The number of benzene rings is 4. The second-order valence-corrected chi connectivity index (χ2v) is 15.9. The van der Waals surface area contributed by atoms with Crippen molar-refractivity contribution < 1.29 is 35.2 Å². The summed E-state index contributed by atoms with van der Waals surface area (Å²) < 4.78 is 93.3. The van der Waals surface area contributed by atoms with E-state index in [-0.39, 0.29) is 48.9 Å². The largest absolute Gasteiger partial charge is 0.305 e. The van der Waals surface area contributed by atoms with Crippen LogP contribution in [0.1, 0.15) is 99.6 Å². The number of aromatic nitrogens is 2. The van der Waals surface area contributed by atoms with Gasteiger partial charge in [-0.25, -0.2) is 0 Å². The van der Waals surface area contributed by atoms with Crippen LogP contribution in [0.3, 0.4) is 0 Å². The van der Waals surface area contributed by atoms with E-state index in [1.54, 1.807) is 65.9 Å². The minimum Gasteiger partial charge on any atom is -0.305 e. The zero-order chi connectivity index (χ0) is 47.1. The van der Waals surface area contributed by atoms with Crippen LogP contribution in [-0.4, -0.2) is 9.97 Å². The maximum Gasteiger partial charge on any atom is 0.0629 e. The fourth-order valence-corrected chi connectivity index (χ4v) is 5.45. The number of rotatable bonds is 7. The van der Waals surface area contributed by atoms with Crippen LogP contribution < -0.4 is 0 Å². The van der Waals surface area contributed by atoms with Crippen molar-refractivity contribution >= 4 is 0 Å². The molecular weight excluding hydrogens is 821 g/mol. The molecule has 0 fully saturated rings. The Labute approximate surface area is 349 Å². The van der Waals surface area contributed by atoms with Gasteiger partial charge in [0.25, 0.3) is 0 Å². The third-order valence-electron chi connectivity index (χ3n) is 7.53. The normalized spacial score (nSPS) is 15.8. The van der Waals surface area contributed by atoms with Gasteiger partial charge in [-0.15, -0.1) is 65.2 Å². The maximum absolute atomic E-state index is 8.98. The van der Waals surface area contributed by atoms with Crippen LogP contribution in [0.5, 0.6) is 0 Å². The van der Waals surface area contributed by atoms with Gasteiger partial charge in [0.05, 0.1) is 2.74 Å². The van der Waals surface area contributed by atoms with Gasteiger partial charge in [0, 0.05) is 44.8 Å². The Morgan fingerprint density at radius 3 is 1.89 bits per heavy atom. The first kappa shape index (κ1) is 28.3. The van der Waals surface area contributed by atoms with Crippen LogP contribution in [0.25, 0.3) is 44.8 Å². The van der Waals surface area contributed by atoms with E-state index in [2.05, 4.69) is 22.1 Å². The summed E-state index contributed by atoms with van der Waals surface area (Å²) in [6.07, 6.45) is -2.28. The van der Waals surface area contributed by atoms with Crippen LogP contribution in [0.4, 0.5) is 0 Å². The van der Waals surface area contributed by atoms with E-state index in [9.17, 15) is 0 Å². The first-order chi connectivity index (χ1) is 28.9. The molecule has 0 aliphatic carbocycles. The van der Waals surface area contributed by atoms with Gasteiger partial charge in [0.2, 0.25) is 0 Å². The van der Waals surface area contributed by atoms with Gasteiger partial charge in [0.15, 0.2) is 0 Å². The summed E-state index contributed by atoms with van der Waals surface area (Å²) in [5, 5.41) is 0. The predicted octanol–water partition coefficient (Wildman–Crippen LogP) is 13.5. The zero-order valence-electron chi connectivity index (χ0n) is 43.1. The van der Waals surface area contributed by atoms with E-state index in [1.165, 1.54) is 24.4 Å². The van der Waals surface area contributed by atoms with Crippen molar-refractivity contribution in [2.24, 2.45) is 16.2 Å². The number of pyridine rings is 2. The minimum atomic E-state index is -2.34. The number of hydrogen-bond acceptors (Lipinski definition) is 2. The Morgan fingerprint density at radius 1 is 0.623 bits per heavy atom. The molecule has 6 aromatic rings. The Balaban J connectivity index is 0.000000287. The van der Waals surface area contributed by atoms with E-state index in [0.29, 0.717) is 27.9 Å². The molecule has 0 aliphatic heterocycles. The molecule has 2 heterocycles. The van der Waals surface area contributed by atoms with Gasteiger partial charge in [-0.05, 0) is 86.2 Å². The summed E-state index contributed by atoms with van der Waals surface area (Å²) in [4.78, 5) is 8.90. The molecule has 3 heteroatoms. The first-order valence-corrected chi connectivity index (χ1v) is 17.6. The molecule has 0 aliphatic rings. The van der Waals surface area contributed by atoms with E-state index >= 15 is 0 Å². The predicted molar refractivity (Wildman–Crippen MR) is 222 cm³/mol. The molecule has 0 unspecified atom stereocenters.